The molecule has 28 heavy (non-hydrogen) atoms. The molecule has 0 heterocycles. The van der Waals surface area contributed by atoms with E-state index in [1.54, 1.807) is 0 Å². The molecule has 3 heteroatoms. The van der Waals surface area contributed by atoms with Crippen molar-refractivity contribution < 1.29 is 15.3 Å². The van der Waals surface area contributed by atoms with Crippen LogP contribution in [0.1, 0.15) is 97.3 Å². The smallest absolute Gasteiger partial charge is 0.0575 e. The molecule has 0 aromatic heterocycles. The van der Waals surface area contributed by atoms with E-state index < -0.39 is 0 Å². The standard InChI is InChI=1S/C25H44O3/c1-3-4-5-6-7-23(27)22-11-10-21-19-15-24(28)20-14-16(26)8-9-17(20)18(19)12-13-25(21,22)2/h16-24,26-28H,3-15H2,1-2H3/t16?,17?,18-,19?,20?,21?,22?,23?,24+,25?/m1/s1. The molecule has 4 saturated carbocycles. The molecule has 162 valence electrons. The first-order valence-electron chi connectivity index (χ1n) is 12.5. The Morgan fingerprint density at radius 3 is 2.43 bits per heavy atom. The first-order chi connectivity index (χ1) is 13.5. The van der Waals surface area contributed by atoms with Crippen LogP contribution in [0.3, 0.4) is 0 Å². The topological polar surface area (TPSA) is 60.7 Å². The Bertz CT molecular complexity index is 522. The largest absolute Gasteiger partial charge is 0.393 e. The van der Waals surface area contributed by atoms with E-state index in [1.807, 2.05) is 0 Å². The third-order valence-corrected chi connectivity index (χ3v) is 9.87. The molecule has 4 aliphatic rings. The van der Waals surface area contributed by atoms with Gasteiger partial charge in [-0.25, -0.2) is 0 Å². The van der Waals surface area contributed by atoms with Gasteiger partial charge in [-0.15, -0.1) is 0 Å². The van der Waals surface area contributed by atoms with Gasteiger partial charge in [-0.05, 0) is 98.7 Å². The quantitative estimate of drug-likeness (QED) is 0.562. The summed E-state index contributed by atoms with van der Waals surface area (Å²) in [6.07, 6.45) is 14.2. The lowest BCUT2D eigenvalue weighted by Gasteiger charge is -2.57. The van der Waals surface area contributed by atoms with E-state index in [0.29, 0.717) is 29.6 Å². The number of fused-ring (bicyclic) bond motifs is 5. The van der Waals surface area contributed by atoms with Crippen LogP contribution in [-0.2, 0) is 0 Å². The summed E-state index contributed by atoms with van der Waals surface area (Å²) in [7, 11) is 0. The maximum absolute atomic E-state index is 11.0. The molecule has 4 fully saturated rings. The molecular weight excluding hydrogens is 348 g/mol. The number of aliphatic hydroxyl groups is 3. The van der Waals surface area contributed by atoms with Crippen LogP contribution < -0.4 is 0 Å². The molecule has 0 spiro atoms. The second-order valence-electron chi connectivity index (χ2n) is 11.2. The highest BCUT2D eigenvalue weighted by Crippen LogP contribution is 2.64. The molecule has 0 aromatic rings. The first kappa shape index (κ1) is 21.1. The summed E-state index contributed by atoms with van der Waals surface area (Å²) in [6.45, 7) is 4.72. The van der Waals surface area contributed by atoms with E-state index in [9.17, 15) is 15.3 Å². The average Bonchev–Trinajstić information content (AvgIpc) is 3.03. The van der Waals surface area contributed by atoms with Crippen molar-refractivity contribution in [2.24, 2.45) is 40.9 Å². The minimum atomic E-state index is -0.221. The molecule has 0 aliphatic heterocycles. The van der Waals surface area contributed by atoms with Gasteiger partial charge in [0.2, 0.25) is 0 Å². The van der Waals surface area contributed by atoms with E-state index >= 15 is 0 Å². The van der Waals surface area contributed by atoms with Gasteiger partial charge in [0.15, 0.2) is 0 Å². The maximum atomic E-state index is 11.0. The van der Waals surface area contributed by atoms with Gasteiger partial charge in [0.1, 0.15) is 0 Å². The normalized spacial score (nSPS) is 49.2. The van der Waals surface area contributed by atoms with Crippen LogP contribution in [0.2, 0.25) is 0 Å². The Kier molecular flexibility index (Phi) is 6.45. The molecule has 4 rings (SSSR count). The monoisotopic (exact) mass is 392 g/mol. The van der Waals surface area contributed by atoms with E-state index in [-0.39, 0.29) is 23.7 Å². The van der Waals surface area contributed by atoms with Crippen molar-refractivity contribution in [2.75, 3.05) is 0 Å². The van der Waals surface area contributed by atoms with Gasteiger partial charge in [0, 0.05) is 0 Å². The Morgan fingerprint density at radius 2 is 1.64 bits per heavy atom. The summed E-state index contributed by atoms with van der Waals surface area (Å²) in [5, 5.41) is 32.1. The van der Waals surface area contributed by atoms with E-state index in [2.05, 4.69) is 13.8 Å². The predicted octanol–water partition coefficient (Wildman–Crippen LogP) is 4.92. The van der Waals surface area contributed by atoms with Gasteiger partial charge in [-0.2, -0.15) is 0 Å². The average molecular weight is 393 g/mol. The van der Waals surface area contributed by atoms with Crippen LogP contribution in [0.5, 0.6) is 0 Å². The second kappa shape index (κ2) is 8.55. The van der Waals surface area contributed by atoms with E-state index in [1.165, 1.54) is 51.4 Å². The first-order valence-corrected chi connectivity index (χ1v) is 12.5. The molecule has 3 N–H and O–H groups in total. The molecular formula is C25H44O3. The third-order valence-electron chi connectivity index (χ3n) is 9.87. The minimum Gasteiger partial charge on any atom is -0.393 e. The molecule has 0 aromatic carbocycles. The third kappa shape index (κ3) is 3.69. The molecule has 0 saturated heterocycles. The maximum Gasteiger partial charge on any atom is 0.0575 e. The number of rotatable bonds is 6. The lowest BCUT2D eigenvalue weighted by Crippen LogP contribution is -2.53. The minimum absolute atomic E-state index is 0.130. The van der Waals surface area contributed by atoms with Crippen LogP contribution in [0.15, 0.2) is 0 Å². The molecule has 0 radical (unpaired) electrons. The fourth-order valence-electron chi connectivity index (χ4n) is 8.47. The highest BCUT2D eigenvalue weighted by Gasteiger charge is 2.59. The number of aliphatic hydroxyl groups excluding tert-OH is 3. The number of hydrogen-bond donors (Lipinski definition) is 3. The number of unbranched alkanes of at least 4 members (excludes halogenated alkanes) is 3. The van der Waals surface area contributed by atoms with E-state index in [4.69, 9.17) is 0 Å². The molecule has 0 bridgehead atoms. The van der Waals surface area contributed by atoms with Gasteiger partial charge in [-0.3, -0.25) is 0 Å². The zero-order valence-corrected chi connectivity index (χ0v) is 18.2. The van der Waals surface area contributed by atoms with Crippen LogP contribution in [-0.4, -0.2) is 33.6 Å². The molecule has 8 unspecified atom stereocenters. The zero-order chi connectivity index (χ0) is 19.9. The summed E-state index contributed by atoms with van der Waals surface area (Å²) in [5.74, 6) is 3.49. The fourth-order valence-corrected chi connectivity index (χ4v) is 8.47. The van der Waals surface area contributed by atoms with Crippen molar-refractivity contribution in [3.05, 3.63) is 0 Å². The van der Waals surface area contributed by atoms with Gasteiger partial charge in [0.25, 0.3) is 0 Å². The fraction of sp³-hybridized carbons (Fsp3) is 1.00. The van der Waals surface area contributed by atoms with Crippen molar-refractivity contribution in [1.29, 1.82) is 0 Å². The van der Waals surface area contributed by atoms with Crippen molar-refractivity contribution >= 4 is 0 Å². The van der Waals surface area contributed by atoms with Crippen molar-refractivity contribution in [2.45, 2.75) is 116 Å². The van der Waals surface area contributed by atoms with Gasteiger partial charge in [-0.1, -0.05) is 39.5 Å². The molecule has 3 nitrogen and oxygen atoms in total. The molecule has 10 atom stereocenters. The van der Waals surface area contributed by atoms with E-state index in [0.717, 1.165) is 38.0 Å². The summed E-state index contributed by atoms with van der Waals surface area (Å²) in [4.78, 5) is 0. The van der Waals surface area contributed by atoms with Crippen molar-refractivity contribution in [1.82, 2.24) is 0 Å². The summed E-state index contributed by atoms with van der Waals surface area (Å²) in [5.41, 5.74) is 0.270. The second-order valence-corrected chi connectivity index (χ2v) is 11.2. The van der Waals surface area contributed by atoms with Crippen molar-refractivity contribution in [3.8, 4) is 0 Å². The highest BCUT2D eigenvalue weighted by molar-refractivity contribution is 5.08. The van der Waals surface area contributed by atoms with Gasteiger partial charge in [0.05, 0.1) is 18.3 Å². The van der Waals surface area contributed by atoms with Crippen LogP contribution in [0.25, 0.3) is 0 Å². The van der Waals surface area contributed by atoms with Gasteiger partial charge >= 0.3 is 0 Å². The highest BCUT2D eigenvalue weighted by atomic mass is 16.3. The van der Waals surface area contributed by atoms with Crippen LogP contribution in [0, 0.1) is 40.9 Å². The van der Waals surface area contributed by atoms with Gasteiger partial charge < -0.3 is 15.3 Å². The summed E-state index contributed by atoms with van der Waals surface area (Å²) < 4.78 is 0. The van der Waals surface area contributed by atoms with Crippen molar-refractivity contribution in [3.63, 3.8) is 0 Å². The summed E-state index contributed by atoms with van der Waals surface area (Å²) in [6, 6.07) is 0. The lowest BCUT2D eigenvalue weighted by atomic mass is 9.49. The molecule has 0 amide bonds. The lowest BCUT2D eigenvalue weighted by molar-refractivity contribution is -0.132. The Labute approximate surface area is 172 Å². The SMILES string of the molecule is CCCCCCC(O)C1CCC2C3C[C@H](O)C4CC(O)CCC4[C@H]3CCC12C. The number of hydrogen-bond acceptors (Lipinski definition) is 3. The Balaban J connectivity index is 1.44. The van der Waals surface area contributed by atoms with Crippen LogP contribution >= 0.6 is 0 Å². The molecule has 4 aliphatic carbocycles. The predicted molar refractivity (Wildman–Crippen MR) is 113 cm³/mol. The van der Waals surface area contributed by atoms with Crippen LogP contribution in [0.4, 0.5) is 0 Å². The zero-order valence-electron chi connectivity index (χ0n) is 18.2. The summed E-state index contributed by atoms with van der Waals surface area (Å²) >= 11 is 0. The Morgan fingerprint density at radius 1 is 0.857 bits per heavy atom. The Hall–Kier alpha value is -0.120.